The molecule has 156 valence electrons. The van der Waals surface area contributed by atoms with Gasteiger partial charge in [-0.25, -0.2) is 9.59 Å². The second-order valence-electron chi connectivity index (χ2n) is 5.74. The van der Waals surface area contributed by atoms with Gasteiger partial charge in [-0.1, -0.05) is 30.3 Å². The fourth-order valence-electron chi connectivity index (χ4n) is 2.35. The molecular formula is C21H24BrNO6. The topological polar surface area (TPSA) is 83.1 Å². The molecule has 0 radical (unpaired) electrons. The largest absolute Gasteiger partial charge is 0.513 e. The number of benzene rings is 2. The molecule has 0 spiro atoms. The molecule has 2 aromatic rings. The van der Waals surface area contributed by atoms with Crippen LogP contribution in [-0.2, 0) is 22.5 Å². The van der Waals surface area contributed by atoms with E-state index in [4.69, 9.17) is 20.3 Å². The number of carbonyl (C=O) groups is 2. The molecule has 1 atom stereocenters. The first-order valence-electron chi connectivity index (χ1n) is 9.69. The Hall–Kier alpha value is -2.74. The molecule has 2 aromatic carbocycles. The van der Waals surface area contributed by atoms with E-state index in [1.165, 1.54) is 0 Å². The summed E-state index contributed by atoms with van der Waals surface area (Å²) in [6.07, 6.45) is -1.36. The number of amides is 1. The van der Waals surface area contributed by atoms with Gasteiger partial charge in [0, 0.05) is 7.89 Å². The first kappa shape index (κ1) is 21.0. The summed E-state index contributed by atoms with van der Waals surface area (Å²) < 4.78 is 29.4. The second kappa shape index (κ2) is 12.0. The van der Waals surface area contributed by atoms with E-state index in [2.05, 4.69) is 21.2 Å². The molecule has 0 saturated heterocycles. The standard InChI is InChI=1S/C21H24BrNO6/c1-3-26-20(24)23-11-10-16-12-17(22)19(18(13-16)29-21(25)27-4-2)28-14-15-8-6-5-7-9-15/h5-9,12-13H,3-4,10-11,14H2,1-2H3,(H,23,24)/i11D. The molecule has 0 saturated carbocycles. The molecular weight excluding hydrogens is 442 g/mol. The van der Waals surface area contributed by atoms with Crippen molar-refractivity contribution in [1.82, 2.24) is 5.32 Å². The molecule has 0 heterocycles. The molecule has 8 heteroatoms. The molecule has 1 amide bonds. The van der Waals surface area contributed by atoms with Crippen molar-refractivity contribution in [2.75, 3.05) is 19.7 Å². The summed E-state index contributed by atoms with van der Waals surface area (Å²) in [5.74, 6) is 0.479. The first-order valence-corrected chi connectivity index (χ1v) is 9.91. The zero-order valence-electron chi connectivity index (χ0n) is 17.3. The minimum Gasteiger partial charge on any atom is -0.484 e. The third-order valence-electron chi connectivity index (χ3n) is 3.58. The van der Waals surface area contributed by atoms with Crippen LogP contribution < -0.4 is 14.8 Å². The number of aryl methyl sites for hydroxylation is 1. The monoisotopic (exact) mass is 466 g/mol. The van der Waals surface area contributed by atoms with Crippen molar-refractivity contribution in [3.05, 3.63) is 58.1 Å². The SMILES string of the molecule is [2H]C(Cc1cc(Br)c(OCc2ccccc2)c(OC(=O)OCC)c1)NC(=O)OCC. The summed E-state index contributed by atoms with van der Waals surface area (Å²) in [4.78, 5) is 23.4. The van der Waals surface area contributed by atoms with Gasteiger partial charge in [0.25, 0.3) is 0 Å². The Labute approximate surface area is 179 Å². The summed E-state index contributed by atoms with van der Waals surface area (Å²) >= 11 is 3.44. The van der Waals surface area contributed by atoms with Crippen LogP contribution in [0.4, 0.5) is 9.59 Å². The van der Waals surface area contributed by atoms with Gasteiger partial charge in [-0.3, -0.25) is 0 Å². The molecule has 1 unspecified atom stereocenters. The van der Waals surface area contributed by atoms with Crippen molar-refractivity contribution in [3.63, 3.8) is 0 Å². The number of hydrogen-bond acceptors (Lipinski definition) is 6. The summed E-state index contributed by atoms with van der Waals surface area (Å²) in [6.45, 7) is 3.06. The number of nitrogens with one attached hydrogen (secondary N) is 1. The minimum atomic E-state index is -0.942. The van der Waals surface area contributed by atoms with Gasteiger partial charge in [0.2, 0.25) is 0 Å². The quantitative estimate of drug-likeness (QED) is 0.419. The number of carbonyl (C=O) groups excluding carboxylic acids is 2. The van der Waals surface area contributed by atoms with Crippen LogP contribution in [0.15, 0.2) is 46.9 Å². The Bertz CT molecular complexity index is 849. The Kier molecular flexibility index (Phi) is 8.65. The van der Waals surface area contributed by atoms with E-state index in [0.29, 0.717) is 15.8 Å². The maximum absolute atomic E-state index is 11.9. The number of hydrogen-bond donors (Lipinski definition) is 1. The highest BCUT2D eigenvalue weighted by Gasteiger charge is 2.17. The van der Waals surface area contributed by atoms with Gasteiger partial charge in [-0.15, -0.1) is 0 Å². The average molecular weight is 467 g/mol. The van der Waals surface area contributed by atoms with Crippen LogP contribution >= 0.6 is 15.9 Å². The summed E-state index contributed by atoms with van der Waals surface area (Å²) in [5, 5.41) is 2.42. The number of ether oxygens (including phenoxy) is 4. The Morgan fingerprint density at radius 2 is 1.79 bits per heavy atom. The van der Waals surface area contributed by atoms with Crippen LogP contribution in [0.3, 0.4) is 0 Å². The van der Waals surface area contributed by atoms with Crippen LogP contribution in [0.1, 0.15) is 26.3 Å². The number of rotatable bonds is 9. The van der Waals surface area contributed by atoms with Crippen molar-refractivity contribution >= 4 is 28.2 Å². The highest BCUT2D eigenvalue weighted by atomic mass is 79.9. The molecule has 0 fully saturated rings. The smallest absolute Gasteiger partial charge is 0.484 e. The van der Waals surface area contributed by atoms with Gasteiger partial charge in [0.15, 0.2) is 11.5 Å². The Morgan fingerprint density at radius 1 is 1.07 bits per heavy atom. The fourth-order valence-corrected chi connectivity index (χ4v) is 2.95. The van der Waals surface area contributed by atoms with Gasteiger partial charge in [-0.2, -0.15) is 0 Å². The highest BCUT2D eigenvalue weighted by Crippen LogP contribution is 2.37. The molecule has 0 aliphatic heterocycles. The molecule has 2 rings (SSSR count). The average Bonchev–Trinajstić information content (AvgIpc) is 2.68. The molecule has 0 aromatic heterocycles. The van der Waals surface area contributed by atoms with Crippen LogP contribution in [0.5, 0.6) is 11.5 Å². The van der Waals surface area contributed by atoms with Crippen LogP contribution in [0, 0.1) is 0 Å². The lowest BCUT2D eigenvalue weighted by Gasteiger charge is -2.15. The minimum absolute atomic E-state index is 0.150. The maximum atomic E-state index is 11.9. The van der Waals surface area contributed by atoms with E-state index in [1.807, 2.05) is 30.3 Å². The molecule has 0 bridgehead atoms. The first-order chi connectivity index (χ1) is 14.4. The molecule has 0 aliphatic carbocycles. The fraction of sp³-hybridized carbons (Fsp3) is 0.333. The number of halogens is 1. The maximum Gasteiger partial charge on any atom is 0.513 e. The van der Waals surface area contributed by atoms with Crippen molar-refractivity contribution in [2.45, 2.75) is 26.9 Å². The molecule has 1 N–H and O–H groups in total. The lowest BCUT2D eigenvalue weighted by Crippen LogP contribution is -2.26. The van der Waals surface area contributed by atoms with Gasteiger partial charge >= 0.3 is 12.2 Å². The summed E-state index contributed by atoms with van der Waals surface area (Å²) in [7, 11) is 0. The second-order valence-corrected chi connectivity index (χ2v) is 6.59. The summed E-state index contributed by atoms with van der Waals surface area (Å²) in [6, 6.07) is 12.9. The van der Waals surface area contributed by atoms with Crippen LogP contribution in [0.25, 0.3) is 0 Å². The third kappa shape index (κ3) is 7.65. The van der Waals surface area contributed by atoms with Gasteiger partial charge < -0.3 is 24.3 Å². The summed E-state index contributed by atoms with van der Waals surface area (Å²) in [5.41, 5.74) is 1.59. The lowest BCUT2D eigenvalue weighted by molar-refractivity contribution is 0.102. The van der Waals surface area contributed by atoms with E-state index in [-0.39, 0.29) is 32.0 Å². The van der Waals surface area contributed by atoms with Gasteiger partial charge in [0.05, 0.1) is 17.7 Å². The van der Waals surface area contributed by atoms with Crippen molar-refractivity contribution < 1.29 is 29.9 Å². The zero-order valence-corrected chi connectivity index (χ0v) is 17.9. The molecule has 29 heavy (non-hydrogen) atoms. The van der Waals surface area contributed by atoms with E-state index in [1.54, 1.807) is 26.0 Å². The predicted molar refractivity (Wildman–Crippen MR) is 111 cm³/mol. The van der Waals surface area contributed by atoms with Gasteiger partial charge in [0.1, 0.15) is 6.61 Å². The van der Waals surface area contributed by atoms with Crippen molar-refractivity contribution in [3.8, 4) is 11.5 Å². The van der Waals surface area contributed by atoms with Crippen LogP contribution in [-0.4, -0.2) is 32.0 Å². The predicted octanol–water partition coefficient (Wildman–Crippen LogP) is 4.85. The van der Waals surface area contributed by atoms with E-state index in [9.17, 15) is 9.59 Å². The third-order valence-corrected chi connectivity index (χ3v) is 4.17. The van der Waals surface area contributed by atoms with Crippen molar-refractivity contribution in [2.24, 2.45) is 0 Å². The molecule has 7 nitrogen and oxygen atoms in total. The van der Waals surface area contributed by atoms with Gasteiger partial charge in [-0.05, 0) is 59.5 Å². The number of alkyl carbamates (subject to hydrolysis) is 1. The van der Waals surface area contributed by atoms with Crippen molar-refractivity contribution in [1.29, 1.82) is 0 Å². The Balaban J connectivity index is 2.20. The molecule has 0 aliphatic rings. The van der Waals surface area contributed by atoms with E-state index in [0.717, 1.165) is 5.56 Å². The highest BCUT2D eigenvalue weighted by molar-refractivity contribution is 9.10. The normalized spacial score (nSPS) is 11.8. The van der Waals surface area contributed by atoms with E-state index < -0.39 is 18.8 Å². The Morgan fingerprint density at radius 3 is 2.48 bits per heavy atom. The zero-order chi connectivity index (χ0) is 21.9. The lowest BCUT2D eigenvalue weighted by atomic mass is 10.1. The van der Waals surface area contributed by atoms with Crippen LogP contribution in [0.2, 0.25) is 0 Å². The van der Waals surface area contributed by atoms with E-state index >= 15 is 0 Å².